The summed E-state index contributed by atoms with van der Waals surface area (Å²) in [7, 11) is 0. The van der Waals surface area contributed by atoms with Crippen LogP contribution in [-0.4, -0.2) is 9.03 Å². The summed E-state index contributed by atoms with van der Waals surface area (Å²) >= 11 is 0. The van der Waals surface area contributed by atoms with Crippen LogP contribution >= 0.6 is 0 Å². The maximum atomic E-state index is 2.55. The van der Waals surface area contributed by atoms with Crippen molar-refractivity contribution >= 4 is 54.4 Å². The number of benzene rings is 8. The average molecular weight is 803 g/mol. The lowest BCUT2D eigenvalue weighted by atomic mass is 9.89. The molecule has 0 N–H and O–H groups in total. The molecule has 3 heterocycles. The summed E-state index contributed by atoms with van der Waals surface area (Å²) in [6.45, 7) is 27.0. The van der Waals surface area contributed by atoms with Gasteiger partial charge in [0.15, 0.2) is 0 Å². The summed E-state index contributed by atoms with van der Waals surface area (Å²) in [5.74, 6) is 0. The average Bonchev–Trinajstić information content (AvgIpc) is 3.67. The molecule has 2 heteroatoms. The third-order valence-corrected chi connectivity index (χ3v) is 14.0. The normalized spacial score (nSPS) is 12.2. The Morgan fingerprint density at radius 2 is 0.468 bits per heavy atom. The highest BCUT2D eigenvalue weighted by Gasteiger charge is 2.25. The molecule has 3 aromatic heterocycles. The number of aryl methyl sites for hydroxylation is 12. The van der Waals surface area contributed by atoms with Crippen LogP contribution in [0.4, 0.5) is 0 Å². The zero-order chi connectivity index (χ0) is 43.2. The highest BCUT2D eigenvalue weighted by molar-refractivity contribution is 6.27. The monoisotopic (exact) mass is 802 g/mol. The van der Waals surface area contributed by atoms with Gasteiger partial charge >= 0.3 is 0 Å². The van der Waals surface area contributed by atoms with Gasteiger partial charge in [-0.1, -0.05) is 82.9 Å². The highest BCUT2D eigenvalue weighted by Crippen LogP contribution is 2.47. The second-order valence-corrected chi connectivity index (χ2v) is 19.0. The van der Waals surface area contributed by atoms with Gasteiger partial charge in [0, 0.05) is 32.3 Å². The smallest absolute Gasteiger partial charge is 0.0795 e. The van der Waals surface area contributed by atoms with E-state index in [2.05, 4.69) is 201 Å². The number of nitrogens with zero attached hydrogens (tertiary/aromatic N) is 2. The molecule has 8 aromatic carbocycles. The van der Waals surface area contributed by atoms with Crippen LogP contribution in [0.2, 0.25) is 0 Å². The molecule has 0 aliphatic heterocycles. The lowest BCUT2D eigenvalue weighted by Gasteiger charge is -2.17. The van der Waals surface area contributed by atoms with E-state index in [0.717, 1.165) is 0 Å². The zero-order valence-electron chi connectivity index (χ0n) is 38.3. The van der Waals surface area contributed by atoms with E-state index in [-0.39, 0.29) is 0 Å². The van der Waals surface area contributed by atoms with Crippen molar-refractivity contribution in [1.29, 1.82) is 0 Å². The van der Waals surface area contributed by atoms with E-state index in [0.29, 0.717) is 0 Å². The summed E-state index contributed by atoms with van der Waals surface area (Å²) in [5, 5.41) is 7.69. The van der Waals surface area contributed by atoms with Crippen LogP contribution in [0, 0.1) is 83.1 Å². The van der Waals surface area contributed by atoms with E-state index in [1.54, 1.807) is 0 Å². The van der Waals surface area contributed by atoms with Crippen molar-refractivity contribution in [2.45, 2.75) is 83.1 Å². The SMILES string of the molecule is Cc1cc(C)c(-c2ccc3c(c2)c2cc(-c4c(C)cc(C)cc4C)cc4c5cc(-c6c(C)cc(C)cc6C)cc6c7cc(-c8c(C)cc(C)cc8C)ccc7n(c65)n3c24)c(C)c1. The van der Waals surface area contributed by atoms with Crippen molar-refractivity contribution in [2.75, 3.05) is 0 Å². The number of hydrogen-bond acceptors (Lipinski definition) is 0. The number of fused-ring (bicyclic) bond motifs is 8. The van der Waals surface area contributed by atoms with Crippen molar-refractivity contribution in [3.05, 3.63) is 176 Å². The van der Waals surface area contributed by atoms with Crippen LogP contribution in [-0.2, 0) is 0 Å². The lowest BCUT2D eigenvalue weighted by Crippen LogP contribution is -2.02. The number of aromatic nitrogens is 2. The summed E-state index contributed by atoms with van der Waals surface area (Å²) in [4.78, 5) is 0. The third-order valence-electron chi connectivity index (χ3n) is 14.0. The maximum absolute atomic E-state index is 2.55. The Hall–Kier alpha value is -6.64. The van der Waals surface area contributed by atoms with Gasteiger partial charge in [0.25, 0.3) is 0 Å². The van der Waals surface area contributed by atoms with Crippen molar-refractivity contribution < 1.29 is 0 Å². The first-order valence-electron chi connectivity index (χ1n) is 22.2. The van der Waals surface area contributed by atoms with Gasteiger partial charge in [0.1, 0.15) is 0 Å². The highest BCUT2D eigenvalue weighted by atomic mass is 15.3. The molecule has 0 saturated heterocycles. The minimum absolute atomic E-state index is 1.22. The van der Waals surface area contributed by atoms with Gasteiger partial charge in [0.05, 0.1) is 22.1 Å². The van der Waals surface area contributed by atoms with E-state index in [4.69, 9.17) is 0 Å². The fraction of sp³-hybridized carbons (Fsp3) is 0.200. The summed E-state index contributed by atoms with van der Waals surface area (Å²) < 4.78 is 5.11. The van der Waals surface area contributed by atoms with Gasteiger partial charge in [-0.05, 0) is 221 Å². The quantitative estimate of drug-likeness (QED) is 0.157. The molecule has 0 aliphatic carbocycles. The van der Waals surface area contributed by atoms with E-state index in [9.17, 15) is 0 Å². The first kappa shape index (κ1) is 38.3. The standard InChI is InChI=1S/C60H54N2/c1-31-17-35(5)55(36(6)18-31)43-13-15-53-47(25-43)49-27-45(57-39(9)21-33(3)22-40(57)10)29-51-52-30-46(58-41(11)23-34(4)24-42(58)12)28-50-48-26-44(56-37(7)19-32(2)20-38(56)8)14-16-54(48)62(60(50)52)61(53)59(49)51/h13-30H,1-12H3. The predicted molar refractivity (Wildman–Crippen MR) is 268 cm³/mol. The van der Waals surface area contributed by atoms with Crippen molar-refractivity contribution in [1.82, 2.24) is 9.03 Å². The van der Waals surface area contributed by atoms with Crippen LogP contribution in [0.3, 0.4) is 0 Å². The van der Waals surface area contributed by atoms with Gasteiger partial charge in [-0.15, -0.1) is 0 Å². The fourth-order valence-electron chi connectivity index (χ4n) is 12.2. The van der Waals surface area contributed by atoms with E-state index >= 15 is 0 Å². The molecule has 0 amide bonds. The first-order chi connectivity index (χ1) is 29.7. The van der Waals surface area contributed by atoms with Crippen molar-refractivity contribution in [2.24, 2.45) is 0 Å². The molecule has 0 atom stereocenters. The Morgan fingerprint density at radius 3 is 0.742 bits per heavy atom. The Morgan fingerprint density at radius 1 is 0.242 bits per heavy atom. The van der Waals surface area contributed by atoms with Gasteiger partial charge < -0.3 is 0 Å². The summed E-state index contributed by atoms with van der Waals surface area (Å²) in [5.41, 5.74) is 31.1. The molecule has 62 heavy (non-hydrogen) atoms. The van der Waals surface area contributed by atoms with Gasteiger partial charge in [-0.3, -0.25) is 0 Å². The molecule has 0 spiro atoms. The molecule has 0 radical (unpaired) electrons. The minimum atomic E-state index is 1.22. The second kappa shape index (κ2) is 13.4. The van der Waals surface area contributed by atoms with Crippen LogP contribution in [0.5, 0.6) is 0 Å². The summed E-state index contributed by atoms with van der Waals surface area (Å²) in [6.07, 6.45) is 0. The van der Waals surface area contributed by atoms with E-state index in [1.165, 1.54) is 166 Å². The minimum Gasteiger partial charge on any atom is -0.247 e. The fourth-order valence-corrected chi connectivity index (χ4v) is 12.2. The number of rotatable bonds is 4. The molecular formula is C60H54N2. The largest absolute Gasteiger partial charge is 0.247 e. The van der Waals surface area contributed by atoms with Crippen LogP contribution in [0.25, 0.3) is 98.9 Å². The molecule has 0 fully saturated rings. The second-order valence-electron chi connectivity index (χ2n) is 19.0. The molecule has 0 aliphatic rings. The zero-order valence-corrected chi connectivity index (χ0v) is 38.3. The predicted octanol–water partition coefficient (Wildman–Crippen LogP) is 16.6. The van der Waals surface area contributed by atoms with Gasteiger partial charge in [-0.2, -0.15) is 0 Å². The Kier molecular flexibility index (Phi) is 8.29. The molecular weight excluding hydrogens is 749 g/mol. The van der Waals surface area contributed by atoms with Gasteiger partial charge in [0.2, 0.25) is 0 Å². The molecule has 0 saturated carbocycles. The molecule has 0 unspecified atom stereocenters. The van der Waals surface area contributed by atoms with Crippen molar-refractivity contribution in [3.63, 3.8) is 0 Å². The van der Waals surface area contributed by atoms with Gasteiger partial charge in [-0.25, -0.2) is 9.03 Å². The van der Waals surface area contributed by atoms with Crippen LogP contribution < -0.4 is 0 Å². The Labute approximate surface area is 365 Å². The maximum Gasteiger partial charge on any atom is 0.0795 e. The third kappa shape index (κ3) is 5.48. The first-order valence-corrected chi connectivity index (χ1v) is 22.2. The lowest BCUT2D eigenvalue weighted by molar-refractivity contribution is 0.932. The molecule has 11 aromatic rings. The number of hydrogen-bond donors (Lipinski definition) is 0. The van der Waals surface area contributed by atoms with Crippen LogP contribution in [0.1, 0.15) is 66.8 Å². The Bertz CT molecular complexity index is 3410. The Balaban J connectivity index is 1.37. The van der Waals surface area contributed by atoms with Crippen molar-refractivity contribution in [3.8, 4) is 44.5 Å². The molecule has 11 rings (SSSR count). The molecule has 304 valence electrons. The summed E-state index contributed by atoms with van der Waals surface area (Å²) in [6, 6.07) is 43.1. The topological polar surface area (TPSA) is 8.82 Å². The van der Waals surface area contributed by atoms with E-state index in [1.807, 2.05) is 0 Å². The molecule has 2 nitrogen and oxygen atoms in total. The molecule has 0 bridgehead atoms. The van der Waals surface area contributed by atoms with E-state index < -0.39 is 0 Å². The van der Waals surface area contributed by atoms with Crippen LogP contribution in [0.15, 0.2) is 109 Å².